The van der Waals surface area contributed by atoms with Crippen LogP contribution in [-0.2, 0) is 4.84 Å². The summed E-state index contributed by atoms with van der Waals surface area (Å²) in [5.74, 6) is 0.475. The van der Waals surface area contributed by atoms with E-state index in [4.69, 9.17) is 23.8 Å². The van der Waals surface area contributed by atoms with Crippen molar-refractivity contribution >= 4 is 33.8 Å². The molecule has 0 aliphatic rings. The smallest absolute Gasteiger partial charge is 0.366 e. The van der Waals surface area contributed by atoms with E-state index in [2.05, 4.69) is 10.1 Å². The average molecular weight is 562 g/mol. The van der Waals surface area contributed by atoms with Gasteiger partial charge in [-0.15, -0.1) is 0 Å². The first kappa shape index (κ1) is 28.2. The Labute approximate surface area is 232 Å². The number of nitro benzene ring substituents is 2. The van der Waals surface area contributed by atoms with Crippen LogP contribution in [0.15, 0.2) is 65.9 Å². The quantitative estimate of drug-likeness (QED) is 0.113. The molecular formula is C27H22N4O10. The van der Waals surface area contributed by atoms with Crippen LogP contribution in [0.1, 0.15) is 21.6 Å². The van der Waals surface area contributed by atoms with Gasteiger partial charge in [-0.2, -0.15) is 0 Å². The van der Waals surface area contributed by atoms with Crippen molar-refractivity contribution in [2.45, 2.75) is 0 Å². The Hall–Kier alpha value is -5.79. The van der Waals surface area contributed by atoms with Gasteiger partial charge in [0.2, 0.25) is 0 Å². The minimum absolute atomic E-state index is 0.0667. The number of benzene rings is 3. The van der Waals surface area contributed by atoms with E-state index in [9.17, 15) is 25.0 Å². The molecule has 4 rings (SSSR count). The number of non-ortho nitro benzene ring substituents is 2. The summed E-state index contributed by atoms with van der Waals surface area (Å²) >= 11 is 0. The molecular weight excluding hydrogens is 540 g/mol. The lowest BCUT2D eigenvalue weighted by Crippen LogP contribution is -2.11. The predicted octanol–water partition coefficient (Wildman–Crippen LogP) is 4.70. The number of aromatic nitrogens is 1. The van der Waals surface area contributed by atoms with Crippen LogP contribution in [-0.4, -0.2) is 55.0 Å². The summed E-state index contributed by atoms with van der Waals surface area (Å²) in [7, 11) is 5.89. The van der Waals surface area contributed by atoms with Gasteiger partial charge in [0.1, 0.15) is 11.4 Å². The minimum atomic E-state index is -1.17. The highest BCUT2D eigenvalue weighted by Crippen LogP contribution is 2.35. The molecule has 0 N–H and O–H groups in total. The molecule has 210 valence electrons. The van der Waals surface area contributed by atoms with Crippen LogP contribution in [0.4, 0.5) is 11.4 Å². The first-order valence-electron chi connectivity index (χ1n) is 11.7. The Bertz CT molecular complexity index is 1670. The second-order valence-corrected chi connectivity index (χ2v) is 8.23. The number of rotatable bonds is 10. The molecule has 0 unspecified atom stereocenters. The number of methoxy groups -OCH3 is 4. The van der Waals surface area contributed by atoms with Gasteiger partial charge in [0.05, 0.1) is 49.9 Å². The van der Waals surface area contributed by atoms with Crippen molar-refractivity contribution in [2.75, 3.05) is 28.4 Å². The van der Waals surface area contributed by atoms with Crippen LogP contribution in [0.3, 0.4) is 0 Å². The fourth-order valence-electron chi connectivity index (χ4n) is 3.97. The first-order chi connectivity index (χ1) is 19.7. The molecule has 0 fully saturated rings. The minimum Gasteiger partial charge on any atom is -0.493 e. The van der Waals surface area contributed by atoms with Crippen molar-refractivity contribution < 1.29 is 38.4 Å². The second-order valence-electron chi connectivity index (χ2n) is 8.23. The third-order valence-corrected chi connectivity index (χ3v) is 5.93. The molecule has 0 bridgehead atoms. The van der Waals surface area contributed by atoms with Crippen LogP contribution in [0, 0.1) is 20.2 Å². The lowest BCUT2D eigenvalue weighted by molar-refractivity contribution is -0.394. The maximum atomic E-state index is 13.0. The maximum Gasteiger partial charge on any atom is 0.366 e. The molecule has 4 aromatic rings. The van der Waals surface area contributed by atoms with E-state index in [1.807, 2.05) is 0 Å². The number of nitrogens with zero attached hydrogens (tertiary/aromatic N) is 4. The molecule has 1 aromatic heterocycles. The van der Waals surface area contributed by atoms with E-state index in [0.717, 1.165) is 18.2 Å². The summed E-state index contributed by atoms with van der Waals surface area (Å²) in [6.07, 6.45) is 1.52. The lowest BCUT2D eigenvalue weighted by atomic mass is 10.0. The summed E-state index contributed by atoms with van der Waals surface area (Å²) in [5.41, 5.74) is -1.03. The van der Waals surface area contributed by atoms with Gasteiger partial charge in [-0.1, -0.05) is 5.16 Å². The van der Waals surface area contributed by atoms with E-state index < -0.39 is 32.8 Å². The molecule has 41 heavy (non-hydrogen) atoms. The van der Waals surface area contributed by atoms with Crippen molar-refractivity contribution in [3.63, 3.8) is 0 Å². The lowest BCUT2D eigenvalue weighted by Gasteiger charge is -2.14. The molecule has 0 radical (unpaired) electrons. The van der Waals surface area contributed by atoms with Gasteiger partial charge in [0.15, 0.2) is 23.0 Å². The molecule has 0 spiro atoms. The van der Waals surface area contributed by atoms with Gasteiger partial charge in [-0.3, -0.25) is 25.2 Å². The van der Waals surface area contributed by atoms with Crippen molar-refractivity contribution in [1.82, 2.24) is 4.98 Å². The van der Waals surface area contributed by atoms with E-state index >= 15 is 0 Å². The maximum absolute atomic E-state index is 13.0. The summed E-state index contributed by atoms with van der Waals surface area (Å²) in [5, 5.41) is 27.9. The molecule has 0 aliphatic carbocycles. The topological polar surface area (TPSA) is 175 Å². The first-order valence-corrected chi connectivity index (χ1v) is 11.7. The fourth-order valence-corrected chi connectivity index (χ4v) is 3.97. The monoisotopic (exact) mass is 562 g/mol. The highest BCUT2D eigenvalue weighted by Gasteiger charge is 2.23. The third-order valence-electron chi connectivity index (χ3n) is 5.93. The number of pyridine rings is 1. The summed E-state index contributed by atoms with van der Waals surface area (Å²) in [6.45, 7) is 0. The van der Waals surface area contributed by atoms with Gasteiger partial charge in [0.25, 0.3) is 11.4 Å². The second kappa shape index (κ2) is 11.9. The number of nitro groups is 2. The molecule has 0 atom stereocenters. The number of fused-ring (bicyclic) bond motifs is 1. The van der Waals surface area contributed by atoms with E-state index in [-0.39, 0.29) is 11.4 Å². The van der Waals surface area contributed by atoms with Crippen LogP contribution in [0.25, 0.3) is 10.8 Å². The predicted molar refractivity (Wildman–Crippen MR) is 145 cm³/mol. The highest BCUT2D eigenvalue weighted by molar-refractivity contribution is 6.18. The van der Waals surface area contributed by atoms with E-state index in [1.54, 1.807) is 36.4 Å². The summed E-state index contributed by atoms with van der Waals surface area (Å²) < 4.78 is 21.6. The Morgan fingerprint density at radius 1 is 0.732 bits per heavy atom. The zero-order chi connectivity index (χ0) is 29.7. The number of carbonyl (C=O) groups excluding carboxylic acids is 1. The van der Waals surface area contributed by atoms with Crippen molar-refractivity contribution in [2.24, 2.45) is 5.16 Å². The van der Waals surface area contributed by atoms with Crippen LogP contribution in [0.5, 0.6) is 23.0 Å². The largest absolute Gasteiger partial charge is 0.493 e. The van der Waals surface area contributed by atoms with Crippen molar-refractivity contribution in [1.29, 1.82) is 0 Å². The Morgan fingerprint density at radius 3 is 1.90 bits per heavy atom. The number of carbonyl (C=O) groups is 1. The number of hydrogen-bond donors (Lipinski definition) is 0. The molecule has 3 aromatic carbocycles. The molecule has 14 heteroatoms. The number of oxime groups is 1. The molecule has 0 saturated heterocycles. The SMILES string of the molecule is COc1ccc(C(=NOC(=O)c2cc([N+](=O)[O-])cc([N+](=O)[O-])c2)c2nccc3cc(OC)c(OC)cc23)cc1OC. The van der Waals surface area contributed by atoms with Crippen LogP contribution < -0.4 is 18.9 Å². The van der Waals surface area contributed by atoms with Gasteiger partial charge >= 0.3 is 5.97 Å². The van der Waals surface area contributed by atoms with Gasteiger partial charge < -0.3 is 23.8 Å². The molecule has 0 saturated carbocycles. The highest BCUT2D eigenvalue weighted by atomic mass is 16.7. The Morgan fingerprint density at radius 2 is 1.32 bits per heavy atom. The van der Waals surface area contributed by atoms with Gasteiger partial charge in [0, 0.05) is 29.3 Å². The van der Waals surface area contributed by atoms with Gasteiger partial charge in [-0.05, 0) is 41.8 Å². The average Bonchev–Trinajstić information content (AvgIpc) is 2.99. The normalized spacial score (nSPS) is 11.1. The number of hydrogen-bond acceptors (Lipinski definition) is 12. The zero-order valence-electron chi connectivity index (χ0n) is 22.1. The van der Waals surface area contributed by atoms with Crippen LogP contribution in [0.2, 0.25) is 0 Å². The molecule has 0 amide bonds. The van der Waals surface area contributed by atoms with Crippen molar-refractivity contribution in [3.05, 3.63) is 97.8 Å². The number of ether oxygens (including phenoxy) is 4. The molecule has 0 aliphatic heterocycles. The Kier molecular flexibility index (Phi) is 8.22. The molecule has 1 heterocycles. The van der Waals surface area contributed by atoms with E-state index in [1.165, 1.54) is 34.6 Å². The van der Waals surface area contributed by atoms with Crippen LogP contribution >= 0.6 is 0 Å². The zero-order valence-corrected chi connectivity index (χ0v) is 22.1. The summed E-state index contributed by atoms with van der Waals surface area (Å²) in [4.78, 5) is 43.4. The third kappa shape index (κ3) is 5.80. The Balaban J connectivity index is 1.89. The fraction of sp³-hybridized carbons (Fsp3) is 0.148. The summed E-state index contributed by atoms with van der Waals surface area (Å²) in [6, 6.07) is 12.4. The van der Waals surface area contributed by atoms with Gasteiger partial charge in [-0.25, -0.2) is 4.79 Å². The van der Waals surface area contributed by atoms with Crippen molar-refractivity contribution in [3.8, 4) is 23.0 Å². The standard InChI is InChI=1S/C27H22N4O10/c1-37-21-6-5-16(12-22(21)38-2)25(26-20-14-24(40-4)23(39-3)11-15(20)7-8-28-26)29-41-27(32)17-9-18(30(33)34)13-19(10-17)31(35)36/h5-14H,1-4H3. The molecule has 14 nitrogen and oxygen atoms in total. The van der Waals surface area contributed by atoms with E-state index in [0.29, 0.717) is 39.3 Å².